The molecule has 0 amide bonds. The summed E-state index contributed by atoms with van der Waals surface area (Å²) in [6.45, 7) is 0.161. The van der Waals surface area contributed by atoms with E-state index in [0.717, 1.165) is 17.8 Å². The Bertz CT molecular complexity index is 619. The predicted octanol–water partition coefficient (Wildman–Crippen LogP) is 3.11. The van der Waals surface area contributed by atoms with Crippen LogP contribution in [0.5, 0.6) is 5.75 Å². The van der Waals surface area contributed by atoms with Crippen molar-refractivity contribution in [2.45, 2.75) is 6.04 Å². The minimum atomic E-state index is -0.483. The molecule has 1 unspecified atom stereocenters. The van der Waals surface area contributed by atoms with Crippen molar-refractivity contribution >= 4 is 5.69 Å². The average Bonchev–Trinajstić information content (AvgIpc) is 2.51. The summed E-state index contributed by atoms with van der Waals surface area (Å²) >= 11 is 0. The van der Waals surface area contributed by atoms with E-state index in [1.54, 1.807) is 19.1 Å². The Hall–Kier alpha value is -2.14. The quantitative estimate of drug-likeness (QED) is 0.920. The van der Waals surface area contributed by atoms with E-state index in [9.17, 15) is 8.78 Å². The molecule has 0 saturated heterocycles. The molecule has 0 spiro atoms. The number of anilines is 1. The van der Waals surface area contributed by atoms with Crippen LogP contribution in [0, 0.1) is 11.6 Å². The van der Waals surface area contributed by atoms with E-state index in [1.807, 2.05) is 24.3 Å². The summed E-state index contributed by atoms with van der Waals surface area (Å²) in [4.78, 5) is 1.81. The van der Waals surface area contributed by atoms with E-state index in [2.05, 4.69) is 0 Å². The molecule has 2 rings (SSSR count). The van der Waals surface area contributed by atoms with Gasteiger partial charge in [0.2, 0.25) is 0 Å². The highest BCUT2D eigenvalue weighted by Crippen LogP contribution is 2.29. The number of methoxy groups -OCH3 is 1. The number of benzene rings is 2. The molecule has 0 aliphatic heterocycles. The first-order valence-electron chi connectivity index (χ1n) is 6.58. The minimum Gasteiger partial charge on any atom is -0.497 e. The van der Waals surface area contributed by atoms with E-state index < -0.39 is 17.7 Å². The van der Waals surface area contributed by atoms with Gasteiger partial charge in [0.25, 0.3) is 0 Å². The molecule has 1 atom stereocenters. The van der Waals surface area contributed by atoms with Gasteiger partial charge in [0.1, 0.15) is 17.4 Å². The normalized spacial score (nSPS) is 12.0. The van der Waals surface area contributed by atoms with Crippen molar-refractivity contribution in [1.29, 1.82) is 0 Å². The third kappa shape index (κ3) is 3.31. The Morgan fingerprint density at radius 2 is 1.95 bits per heavy atom. The lowest BCUT2D eigenvalue weighted by Gasteiger charge is -2.30. The fourth-order valence-electron chi connectivity index (χ4n) is 2.27. The molecule has 0 saturated carbocycles. The molecule has 0 heterocycles. The van der Waals surface area contributed by atoms with Gasteiger partial charge < -0.3 is 15.4 Å². The van der Waals surface area contributed by atoms with Crippen molar-refractivity contribution in [1.82, 2.24) is 0 Å². The van der Waals surface area contributed by atoms with Crippen LogP contribution < -0.4 is 15.4 Å². The third-order valence-corrected chi connectivity index (χ3v) is 3.47. The fraction of sp³-hybridized carbons (Fsp3) is 0.250. The van der Waals surface area contributed by atoms with Crippen LogP contribution >= 0.6 is 0 Å². The van der Waals surface area contributed by atoms with Gasteiger partial charge in [-0.2, -0.15) is 0 Å². The molecular weight excluding hydrogens is 274 g/mol. The zero-order valence-electron chi connectivity index (χ0n) is 12.0. The van der Waals surface area contributed by atoms with Gasteiger partial charge in [0, 0.05) is 30.9 Å². The first-order valence-corrected chi connectivity index (χ1v) is 6.58. The van der Waals surface area contributed by atoms with Gasteiger partial charge in [-0.15, -0.1) is 0 Å². The lowest BCUT2D eigenvalue weighted by molar-refractivity contribution is 0.414. The van der Waals surface area contributed by atoms with Crippen LogP contribution in [0.2, 0.25) is 0 Å². The molecule has 2 aromatic carbocycles. The summed E-state index contributed by atoms with van der Waals surface area (Å²) < 4.78 is 32.5. The number of hydrogen-bond donors (Lipinski definition) is 1. The third-order valence-electron chi connectivity index (χ3n) is 3.47. The van der Waals surface area contributed by atoms with Crippen LogP contribution in [0.25, 0.3) is 0 Å². The fourth-order valence-corrected chi connectivity index (χ4v) is 2.27. The second-order valence-corrected chi connectivity index (χ2v) is 4.73. The number of halogens is 2. The Morgan fingerprint density at radius 3 is 2.62 bits per heavy atom. The van der Waals surface area contributed by atoms with Gasteiger partial charge in [-0.25, -0.2) is 8.78 Å². The number of likely N-dealkylation sites (N-methyl/N-ethyl adjacent to an activating group) is 1. The monoisotopic (exact) mass is 292 g/mol. The van der Waals surface area contributed by atoms with Gasteiger partial charge in [-0.3, -0.25) is 0 Å². The molecular formula is C16H18F2N2O. The van der Waals surface area contributed by atoms with Crippen molar-refractivity contribution in [3.63, 3.8) is 0 Å². The summed E-state index contributed by atoms with van der Waals surface area (Å²) in [7, 11) is 3.36. The number of hydrogen-bond acceptors (Lipinski definition) is 3. The van der Waals surface area contributed by atoms with E-state index in [4.69, 9.17) is 10.5 Å². The summed E-state index contributed by atoms with van der Waals surface area (Å²) in [5.74, 6) is -0.264. The van der Waals surface area contributed by atoms with Gasteiger partial charge in [-0.05, 0) is 30.3 Å². The van der Waals surface area contributed by atoms with Crippen molar-refractivity contribution in [2.75, 3.05) is 25.6 Å². The lowest BCUT2D eigenvalue weighted by Crippen LogP contribution is -2.31. The van der Waals surface area contributed by atoms with E-state index in [-0.39, 0.29) is 12.1 Å². The predicted molar refractivity (Wildman–Crippen MR) is 79.6 cm³/mol. The second kappa shape index (κ2) is 6.54. The average molecular weight is 292 g/mol. The zero-order chi connectivity index (χ0) is 15.4. The van der Waals surface area contributed by atoms with Crippen molar-refractivity contribution in [3.8, 4) is 5.75 Å². The Labute approximate surface area is 122 Å². The van der Waals surface area contributed by atoms with E-state index in [1.165, 1.54) is 6.07 Å². The Kier molecular flexibility index (Phi) is 4.75. The molecule has 112 valence electrons. The highest BCUT2D eigenvalue weighted by Gasteiger charge is 2.20. The van der Waals surface area contributed by atoms with Crippen molar-refractivity contribution < 1.29 is 13.5 Å². The first-order chi connectivity index (χ1) is 10.1. The topological polar surface area (TPSA) is 38.5 Å². The Morgan fingerprint density at radius 1 is 1.19 bits per heavy atom. The number of nitrogens with two attached hydrogens (primary N) is 1. The second-order valence-electron chi connectivity index (χ2n) is 4.73. The molecule has 21 heavy (non-hydrogen) atoms. The van der Waals surface area contributed by atoms with Gasteiger partial charge in [-0.1, -0.05) is 6.07 Å². The highest BCUT2D eigenvalue weighted by atomic mass is 19.1. The first kappa shape index (κ1) is 15.3. The van der Waals surface area contributed by atoms with Crippen LogP contribution in [0.3, 0.4) is 0 Å². The van der Waals surface area contributed by atoms with Crippen LogP contribution in [0.1, 0.15) is 11.6 Å². The van der Waals surface area contributed by atoms with Crippen LogP contribution in [-0.2, 0) is 0 Å². The minimum absolute atomic E-state index is 0.161. The molecule has 0 fully saturated rings. The van der Waals surface area contributed by atoms with Crippen LogP contribution in [0.4, 0.5) is 14.5 Å². The number of ether oxygens (including phenoxy) is 1. The van der Waals surface area contributed by atoms with E-state index >= 15 is 0 Å². The number of rotatable bonds is 5. The van der Waals surface area contributed by atoms with Crippen LogP contribution in [0.15, 0.2) is 42.5 Å². The molecule has 0 aromatic heterocycles. The molecule has 0 bridgehead atoms. The number of nitrogens with zero attached hydrogens (tertiary/aromatic N) is 1. The molecule has 3 nitrogen and oxygen atoms in total. The highest BCUT2D eigenvalue weighted by molar-refractivity contribution is 5.52. The maximum Gasteiger partial charge on any atom is 0.128 e. The molecule has 2 N–H and O–H groups in total. The summed E-state index contributed by atoms with van der Waals surface area (Å²) in [5, 5.41) is 0. The summed E-state index contributed by atoms with van der Waals surface area (Å²) in [6, 6.07) is 10.3. The van der Waals surface area contributed by atoms with E-state index in [0.29, 0.717) is 5.75 Å². The molecule has 2 aromatic rings. The van der Waals surface area contributed by atoms with Gasteiger partial charge in [0.05, 0.1) is 13.2 Å². The standard InChI is InChI=1S/C16H18F2N2O/c1-20(12-4-3-5-13(9-12)21-2)16(10-19)14-8-11(17)6-7-15(14)18/h3-9,16H,10,19H2,1-2H3. The van der Waals surface area contributed by atoms with Crippen LogP contribution in [-0.4, -0.2) is 20.7 Å². The molecule has 5 heteroatoms. The molecule has 0 aliphatic carbocycles. The zero-order valence-corrected chi connectivity index (χ0v) is 12.0. The lowest BCUT2D eigenvalue weighted by atomic mass is 10.0. The maximum absolute atomic E-state index is 14.0. The van der Waals surface area contributed by atoms with Crippen molar-refractivity contribution in [3.05, 3.63) is 59.7 Å². The molecule has 0 aliphatic rings. The van der Waals surface area contributed by atoms with Crippen molar-refractivity contribution in [2.24, 2.45) is 5.73 Å². The SMILES string of the molecule is COc1cccc(N(C)C(CN)c2cc(F)ccc2F)c1. The van der Waals surface area contributed by atoms with Gasteiger partial charge >= 0.3 is 0 Å². The smallest absolute Gasteiger partial charge is 0.128 e. The molecule has 0 radical (unpaired) electrons. The maximum atomic E-state index is 14.0. The largest absolute Gasteiger partial charge is 0.497 e. The summed E-state index contributed by atoms with van der Waals surface area (Å²) in [5.41, 5.74) is 6.82. The summed E-state index contributed by atoms with van der Waals surface area (Å²) in [6.07, 6.45) is 0. The van der Waals surface area contributed by atoms with Gasteiger partial charge in [0.15, 0.2) is 0 Å². The Balaban J connectivity index is 2.37.